The molecule has 0 heterocycles. The minimum atomic E-state index is -3.69. The summed E-state index contributed by atoms with van der Waals surface area (Å²) in [7, 11) is -3.69. The Labute approximate surface area is 160 Å². The number of aryl methyl sites for hydroxylation is 1. The van der Waals surface area contributed by atoms with Crippen molar-refractivity contribution in [3.8, 4) is 0 Å². The highest BCUT2D eigenvalue weighted by molar-refractivity contribution is 7.92. The van der Waals surface area contributed by atoms with Gasteiger partial charge in [-0.05, 0) is 50.1 Å². The van der Waals surface area contributed by atoms with Crippen molar-refractivity contribution in [1.82, 2.24) is 0 Å². The van der Waals surface area contributed by atoms with E-state index in [9.17, 15) is 18.0 Å². The number of sulfonamides is 1. The summed E-state index contributed by atoms with van der Waals surface area (Å²) >= 11 is 0. The number of carbonyl (C=O) groups is 2. The van der Waals surface area contributed by atoms with Crippen molar-refractivity contribution in [3.05, 3.63) is 59.7 Å². The Kier molecular flexibility index (Phi) is 6.38. The molecule has 0 unspecified atom stereocenters. The Morgan fingerprint density at radius 1 is 1.11 bits per heavy atom. The van der Waals surface area contributed by atoms with E-state index in [2.05, 4.69) is 5.32 Å². The van der Waals surface area contributed by atoms with Gasteiger partial charge in [0, 0.05) is 11.3 Å². The molecule has 7 heteroatoms. The first-order valence-electron chi connectivity index (χ1n) is 8.61. The first kappa shape index (κ1) is 20.6. The summed E-state index contributed by atoms with van der Waals surface area (Å²) in [6, 6.07) is 12.7. The fourth-order valence-corrected chi connectivity index (χ4v) is 4.07. The molecule has 2 aromatic carbocycles. The van der Waals surface area contributed by atoms with E-state index in [-0.39, 0.29) is 5.78 Å². The van der Waals surface area contributed by atoms with Gasteiger partial charge in [0.25, 0.3) is 0 Å². The maximum absolute atomic E-state index is 12.9. The number of Topliss-reactive ketones (excluding diaryl/α,β-unsaturated/α-hetero) is 1. The van der Waals surface area contributed by atoms with Gasteiger partial charge in [0.15, 0.2) is 5.78 Å². The Morgan fingerprint density at radius 2 is 1.78 bits per heavy atom. The lowest BCUT2D eigenvalue weighted by molar-refractivity contribution is -0.117. The molecule has 0 radical (unpaired) electrons. The largest absolute Gasteiger partial charge is 0.324 e. The summed E-state index contributed by atoms with van der Waals surface area (Å²) < 4.78 is 26.0. The number of carbonyl (C=O) groups excluding carboxylic acids is 2. The smallest absolute Gasteiger partial charge is 0.248 e. The molecule has 0 aliphatic heterocycles. The fourth-order valence-electron chi connectivity index (χ4n) is 2.87. The maximum Gasteiger partial charge on any atom is 0.248 e. The molecule has 2 aromatic rings. The van der Waals surface area contributed by atoms with Gasteiger partial charge in [0.2, 0.25) is 15.9 Å². The molecule has 0 aliphatic rings. The van der Waals surface area contributed by atoms with Crippen LogP contribution in [0, 0.1) is 6.92 Å². The number of ketones is 1. The number of nitrogens with one attached hydrogen (secondary N) is 1. The second-order valence-corrected chi connectivity index (χ2v) is 8.31. The van der Waals surface area contributed by atoms with Crippen LogP contribution in [0.1, 0.15) is 36.2 Å². The van der Waals surface area contributed by atoms with E-state index in [1.54, 1.807) is 49.4 Å². The van der Waals surface area contributed by atoms with E-state index < -0.39 is 22.0 Å². The average Bonchev–Trinajstić information content (AvgIpc) is 2.58. The van der Waals surface area contributed by atoms with Gasteiger partial charge in [0.05, 0.1) is 11.9 Å². The molecule has 0 bridgehead atoms. The van der Waals surface area contributed by atoms with Crippen LogP contribution in [0.15, 0.2) is 48.5 Å². The molecule has 0 aromatic heterocycles. The number of anilines is 2. The number of hydrogen-bond acceptors (Lipinski definition) is 4. The van der Waals surface area contributed by atoms with E-state index >= 15 is 0 Å². The van der Waals surface area contributed by atoms with Crippen LogP contribution in [-0.2, 0) is 14.8 Å². The number of amides is 1. The molecule has 6 nitrogen and oxygen atoms in total. The van der Waals surface area contributed by atoms with Gasteiger partial charge in [0.1, 0.15) is 6.04 Å². The van der Waals surface area contributed by atoms with Crippen LogP contribution >= 0.6 is 0 Å². The number of nitrogens with zero attached hydrogens (tertiary/aromatic N) is 1. The highest BCUT2D eigenvalue weighted by Gasteiger charge is 2.31. The third kappa shape index (κ3) is 5.17. The zero-order valence-corrected chi connectivity index (χ0v) is 16.7. The third-order valence-corrected chi connectivity index (χ3v) is 5.30. The first-order valence-corrected chi connectivity index (χ1v) is 10.5. The Morgan fingerprint density at radius 3 is 2.33 bits per heavy atom. The molecule has 2 rings (SSSR count). The van der Waals surface area contributed by atoms with Crippen molar-refractivity contribution in [2.24, 2.45) is 0 Å². The van der Waals surface area contributed by atoms with Crippen molar-refractivity contribution < 1.29 is 18.0 Å². The Balaban J connectivity index is 2.38. The second-order valence-electron chi connectivity index (χ2n) is 6.45. The third-order valence-electron chi connectivity index (χ3n) is 4.12. The monoisotopic (exact) mass is 388 g/mol. The summed E-state index contributed by atoms with van der Waals surface area (Å²) in [6.45, 7) is 5.06. The average molecular weight is 388 g/mol. The number of hydrogen-bond donors (Lipinski definition) is 1. The molecule has 0 aliphatic carbocycles. The lowest BCUT2D eigenvalue weighted by atomic mass is 10.1. The van der Waals surface area contributed by atoms with Crippen molar-refractivity contribution in [3.63, 3.8) is 0 Å². The molecular formula is C20H24N2O4S. The number of rotatable bonds is 7. The molecule has 0 spiro atoms. The predicted molar refractivity (Wildman–Crippen MR) is 108 cm³/mol. The molecule has 0 saturated heterocycles. The highest BCUT2D eigenvalue weighted by atomic mass is 32.2. The van der Waals surface area contributed by atoms with Gasteiger partial charge in [-0.3, -0.25) is 13.9 Å². The van der Waals surface area contributed by atoms with Crippen molar-refractivity contribution in [1.29, 1.82) is 0 Å². The van der Waals surface area contributed by atoms with Gasteiger partial charge < -0.3 is 5.32 Å². The topological polar surface area (TPSA) is 83.6 Å². The Bertz CT molecular complexity index is 954. The van der Waals surface area contributed by atoms with E-state index in [1.165, 1.54) is 6.92 Å². The van der Waals surface area contributed by atoms with Gasteiger partial charge in [-0.2, -0.15) is 0 Å². The zero-order chi connectivity index (χ0) is 20.2. The Hall–Kier alpha value is -2.67. The van der Waals surface area contributed by atoms with Crippen LogP contribution < -0.4 is 9.62 Å². The summed E-state index contributed by atoms with van der Waals surface area (Å²) in [5.41, 5.74) is 2.26. The van der Waals surface area contributed by atoms with Crippen LogP contribution in [-0.4, -0.2) is 32.4 Å². The molecule has 0 fully saturated rings. The lowest BCUT2D eigenvalue weighted by Gasteiger charge is -2.30. The summed E-state index contributed by atoms with van der Waals surface area (Å²) in [5.74, 6) is -0.569. The summed E-state index contributed by atoms with van der Waals surface area (Å²) in [4.78, 5) is 24.4. The van der Waals surface area contributed by atoms with Gasteiger partial charge in [-0.1, -0.05) is 31.2 Å². The molecule has 144 valence electrons. The van der Waals surface area contributed by atoms with E-state index in [0.29, 0.717) is 23.4 Å². The molecule has 0 saturated carbocycles. The van der Waals surface area contributed by atoms with Crippen LogP contribution in [0.5, 0.6) is 0 Å². The second kappa shape index (κ2) is 8.35. The molecule has 1 amide bonds. The first-order chi connectivity index (χ1) is 12.6. The van der Waals surface area contributed by atoms with Crippen LogP contribution in [0.4, 0.5) is 11.4 Å². The minimum Gasteiger partial charge on any atom is -0.324 e. The summed E-state index contributed by atoms with van der Waals surface area (Å²) in [6.07, 6.45) is 1.38. The van der Waals surface area contributed by atoms with Gasteiger partial charge in [-0.15, -0.1) is 0 Å². The van der Waals surface area contributed by atoms with E-state index in [0.717, 1.165) is 16.1 Å². The van der Waals surface area contributed by atoms with Gasteiger partial charge >= 0.3 is 0 Å². The highest BCUT2D eigenvalue weighted by Crippen LogP contribution is 2.24. The fraction of sp³-hybridized carbons (Fsp3) is 0.300. The standard InChI is InChI=1S/C20H24N2O4S/c1-5-19(20(24)21-17-10-7-9-16(13-17)15(3)23)22(27(4,25)26)18-11-6-8-14(2)12-18/h6-13,19H,5H2,1-4H3,(H,21,24)/t19-/m1/s1. The summed E-state index contributed by atoms with van der Waals surface area (Å²) in [5, 5.41) is 2.73. The van der Waals surface area contributed by atoms with Crippen molar-refractivity contribution in [2.45, 2.75) is 33.2 Å². The predicted octanol–water partition coefficient (Wildman–Crippen LogP) is 3.38. The van der Waals surface area contributed by atoms with Crippen LogP contribution in [0.3, 0.4) is 0 Å². The normalized spacial score (nSPS) is 12.3. The van der Waals surface area contributed by atoms with Crippen molar-refractivity contribution >= 4 is 33.1 Å². The quantitative estimate of drug-likeness (QED) is 0.737. The molecule has 27 heavy (non-hydrogen) atoms. The minimum absolute atomic E-state index is 0.115. The maximum atomic E-state index is 12.9. The SMILES string of the molecule is CC[C@H](C(=O)Nc1cccc(C(C)=O)c1)N(c1cccc(C)c1)S(C)(=O)=O. The molecule has 1 atom stereocenters. The van der Waals surface area contributed by atoms with Gasteiger partial charge in [-0.25, -0.2) is 8.42 Å². The van der Waals surface area contributed by atoms with Crippen LogP contribution in [0.25, 0.3) is 0 Å². The lowest BCUT2D eigenvalue weighted by Crippen LogP contribution is -2.47. The zero-order valence-electron chi connectivity index (χ0n) is 15.9. The van der Waals surface area contributed by atoms with E-state index in [1.807, 2.05) is 13.0 Å². The molecular weight excluding hydrogens is 364 g/mol. The van der Waals surface area contributed by atoms with Crippen LogP contribution in [0.2, 0.25) is 0 Å². The molecule has 1 N–H and O–H groups in total. The number of benzene rings is 2. The van der Waals surface area contributed by atoms with E-state index in [4.69, 9.17) is 0 Å². The van der Waals surface area contributed by atoms with Crippen molar-refractivity contribution in [2.75, 3.05) is 15.9 Å².